The second-order valence-corrected chi connectivity index (χ2v) is 5.80. The van der Waals surface area contributed by atoms with Gasteiger partial charge in [0.05, 0.1) is 13.2 Å². The number of amides is 2. The van der Waals surface area contributed by atoms with Crippen LogP contribution in [-0.2, 0) is 6.54 Å². The molecule has 0 spiro atoms. The van der Waals surface area contributed by atoms with Gasteiger partial charge in [-0.05, 0) is 42.3 Å². The normalized spacial score (nSPS) is 13.7. The summed E-state index contributed by atoms with van der Waals surface area (Å²) in [6, 6.07) is 12.9. The molecule has 2 aromatic rings. The Bertz CT molecular complexity index is 731. The molecule has 0 aromatic heterocycles. The van der Waals surface area contributed by atoms with Crippen LogP contribution in [0.4, 0.5) is 4.79 Å². The van der Waals surface area contributed by atoms with Crippen LogP contribution in [0.5, 0.6) is 17.2 Å². The highest BCUT2D eigenvalue weighted by Crippen LogP contribution is 2.32. The number of carbonyl (C=O) groups excluding carboxylic acids is 1. The molecule has 2 amide bonds. The van der Waals surface area contributed by atoms with E-state index in [-0.39, 0.29) is 12.1 Å². The van der Waals surface area contributed by atoms with E-state index in [1.165, 1.54) is 0 Å². The number of carbonyl (C=O) groups is 1. The molecular weight excluding hydrogens is 320 g/mol. The van der Waals surface area contributed by atoms with Gasteiger partial charge in [0.1, 0.15) is 19.0 Å². The van der Waals surface area contributed by atoms with E-state index in [0.29, 0.717) is 19.8 Å². The third-order valence-electron chi connectivity index (χ3n) is 4.03. The number of urea groups is 1. The molecular formula is C19H22N2O4. The molecule has 0 aliphatic carbocycles. The minimum Gasteiger partial charge on any atom is -0.497 e. The zero-order valence-corrected chi connectivity index (χ0v) is 14.4. The van der Waals surface area contributed by atoms with Crippen LogP contribution in [0.1, 0.15) is 24.1 Å². The predicted octanol–water partition coefficient (Wildman–Crippen LogP) is 3.03. The standard InChI is InChI=1S/C19H22N2O4/c1-13(15-5-8-17-18(11-15)25-10-9-24-17)21-19(22)20-12-14-3-6-16(23-2)7-4-14/h3-8,11,13H,9-10,12H2,1-2H3,(H2,20,21,22)/t13-/m0/s1. The second-order valence-electron chi connectivity index (χ2n) is 5.80. The first-order chi connectivity index (χ1) is 12.2. The lowest BCUT2D eigenvalue weighted by Gasteiger charge is -2.21. The predicted molar refractivity (Wildman–Crippen MR) is 94.2 cm³/mol. The van der Waals surface area contributed by atoms with Gasteiger partial charge in [0, 0.05) is 6.54 Å². The molecule has 2 N–H and O–H groups in total. The lowest BCUT2D eigenvalue weighted by molar-refractivity contribution is 0.171. The van der Waals surface area contributed by atoms with Crippen molar-refractivity contribution in [3.8, 4) is 17.2 Å². The largest absolute Gasteiger partial charge is 0.497 e. The molecule has 132 valence electrons. The van der Waals surface area contributed by atoms with Crippen molar-refractivity contribution >= 4 is 6.03 Å². The smallest absolute Gasteiger partial charge is 0.315 e. The second kappa shape index (κ2) is 7.79. The summed E-state index contributed by atoms with van der Waals surface area (Å²) in [6.45, 7) is 3.48. The molecule has 0 bridgehead atoms. The van der Waals surface area contributed by atoms with Gasteiger partial charge in [-0.3, -0.25) is 0 Å². The maximum absolute atomic E-state index is 12.1. The van der Waals surface area contributed by atoms with E-state index >= 15 is 0 Å². The Morgan fingerprint density at radius 3 is 2.56 bits per heavy atom. The summed E-state index contributed by atoms with van der Waals surface area (Å²) in [5.74, 6) is 2.25. The molecule has 1 atom stereocenters. The number of fused-ring (bicyclic) bond motifs is 1. The van der Waals surface area contributed by atoms with Crippen LogP contribution in [0.3, 0.4) is 0 Å². The zero-order valence-electron chi connectivity index (χ0n) is 14.4. The van der Waals surface area contributed by atoms with Crippen LogP contribution in [0.15, 0.2) is 42.5 Å². The third-order valence-corrected chi connectivity index (χ3v) is 4.03. The molecule has 0 radical (unpaired) electrons. The van der Waals surface area contributed by atoms with Crippen LogP contribution in [0.2, 0.25) is 0 Å². The van der Waals surface area contributed by atoms with Gasteiger partial charge < -0.3 is 24.8 Å². The van der Waals surface area contributed by atoms with Gasteiger partial charge in [-0.15, -0.1) is 0 Å². The van der Waals surface area contributed by atoms with Crippen molar-refractivity contribution in [2.75, 3.05) is 20.3 Å². The van der Waals surface area contributed by atoms with Gasteiger partial charge in [-0.1, -0.05) is 18.2 Å². The molecule has 0 fully saturated rings. The fourth-order valence-electron chi connectivity index (χ4n) is 2.59. The summed E-state index contributed by atoms with van der Waals surface area (Å²) in [6.07, 6.45) is 0. The Kier molecular flexibility index (Phi) is 5.28. The molecule has 0 saturated carbocycles. The molecule has 3 rings (SSSR count). The number of hydrogen-bond donors (Lipinski definition) is 2. The minimum atomic E-state index is -0.224. The number of rotatable bonds is 5. The Morgan fingerprint density at radius 1 is 1.12 bits per heavy atom. The Balaban J connectivity index is 1.53. The summed E-state index contributed by atoms with van der Waals surface area (Å²) in [5.41, 5.74) is 1.96. The van der Waals surface area contributed by atoms with Crippen molar-refractivity contribution in [1.29, 1.82) is 0 Å². The highest BCUT2D eigenvalue weighted by Gasteiger charge is 2.15. The van der Waals surface area contributed by atoms with Crippen molar-refractivity contribution in [3.63, 3.8) is 0 Å². The quantitative estimate of drug-likeness (QED) is 0.876. The average Bonchev–Trinajstić information content (AvgIpc) is 2.66. The van der Waals surface area contributed by atoms with E-state index in [1.54, 1.807) is 7.11 Å². The van der Waals surface area contributed by atoms with Crippen molar-refractivity contribution in [3.05, 3.63) is 53.6 Å². The molecule has 2 aromatic carbocycles. The first-order valence-electron chi connectivity index (χ1n) is 8.22. The van der Waals surface area contributed by atoms with E-state index < -0.39 is 0 Å². The van der Waals surface area contributed by atoms with E-state index in [1.807, 2.05) is 49.4 Å². The molecule has 6 nitrogen and oxygen atoms in total. The molecule has 0 unspecified atom stereocenters. The Morgan fingerprint density at radius 2 is 1.84 bits per heavy atom. The van der Waals surface area contributed by atoms with Crippen LogP contribution < -0.4 is 24.8 Å². The molecule has 6 heteroatoms. The topological polar surface area (TPSA) is 68.8 Å². The summed E-state index contributed by atoms with van der Waals surface area (Å²) >= 11 is 0. The van der Waals surface area contributed by atoms with Crippen LogP contribution >= 0.6 is 0 Å². The number of methoxy groups -OCH3 is 1. The maximum Gasteiger partial charge on any atom is 0.315 e. The number of ether oxygens (including phenoxy) is 3. The first kappa shape index (κ1) is 17.0. The van der Waals surface area contributed by atoms with E-state index in [0.717, 1.165) is 28.4 Å². The Labute approximate surface area is 147 Å². The monoisotopic (exact) mass is 342 g/mol. The molecule has 1 aliphatic rings. The van der Waals surface area contributed by atoms with Gasteiger partial charge >= 0.3 is 6.03 Å². The van der Waals surface area contributed by atoms with Crippen molar-refractivity contribution in [2.24, 2.45) is 0 Å². The fourth-order valence-corrected chi connectivity index (χ4v) is 2.59. The zero-order chi connectivity index (χ0) is 17.6. The maximum atomic E-state index is 12.1. The van der Waals surface area contributed by atoms with Gasteiger partial charge in [-0.2, -0.15) is 0 Å². The summed E-state index contributed by atoms with van der Waals surface area (Å²) in [4.78, 5) is 12.1. The minimum absolute atomic E-state index is 0.147. The highest BCUT2D eigenvalue weighted by molar-refractivity contribution is 5.74. The SMILES string of the molecule is COc1ccc(CNC(=O)N[C@@H](C)c2ccc3c(c2)OCCO3)cc1. The average molecular weight is 342 g/mol. The lowest BCUT2D eigenvalue weighted by atomic mass is 10.1. The molecule has 1 aliphatic heterocycles. The van der Waals surface area contributed by atoms with Crippen molar-refractivity contribution in [1.82, 2.24) is 10.6 Å². The third kappa shape index (κ3) is 4.35. The van der Waals surface area contributed by atoms with Gasteiger partial charge in [-0.25, -0.2) is 4.79 Å². The van der Waals surface area contributed by atoms with E-state index in [2.05, 4.69) is 10.6 Å². The molecule has 25 heavy (non-hydrogen) atoms. The number of nitrogens with one attached hydrogen (secondary N) is 2. The molecule has 1 heterocycles. The molecule has 0 saturated heterocycles. The summed E-state index contributed by atoms with van der Waals surface area (Å²) in [5, 5.41) is 5.78. The van der Waals surface area contributed by atoms with Crippen molar-refractivity contribution < 1.29 is 19.0 Å². The number of hydrogen-bond acceptors (Lipinski definition) is 4. The number of benzene rings is 2. The fraction of sp³-hybridized carbons (Fsp3) is 0.316. The van der Waals surface area contributed by atoms with Crippen LogP contribution in [0, 0.1) is 0 Å². The van der Waals surface area contributed by atoms with Crippen LogP contribution in [-0.4, -0.2) is 26.4 Å². The summed E-state index contributed by atoms with van der Waals surface area (Å²) < 4.78 is 16.2. The lowest BCUT2D eigenvalue weighted by Crippen LogP contribution is -2.36. The highest BCUT2D eigenvalue weighted by atomic mass is 16.6. The van der Waals surface area contributed by atoms with Crippen molar-refractivity contribution in [2.45, 2.75) is 19.5 Å². The van der Waals surface area contributed by atoms with Gasteiger partial charge in [0.15, 0.2) is 11.5 Å². The van der Waals surface area contributed by atoms with E-state index in [4.69, 9.17) is 14.2 Å². The van der Waals surface area contributed by atoms with E-state index in [9.17, 15) is 4.79 Å². The first-order valence-corrected chi connectivity index (χ1v) is 8.22. The Hall–Kier alpha value is -2.89. The van der Waals surface area contributed by atoms with Gasteiger partial charge in [0.25, 0.3) is 0 Å². The summed E-state index contributed by atoms with van der Waals surface area (Å²) in [7, 11) is 1.62. The van der Waals surface area contributed by atoms with Crippen LogP contribution in [0.25, 0.3) is 0 Å². The van der Waals surface area contributed by atoms with Gasteiger partial charge in [0.2, 0.25) is 0 Å².